The summed E-state index contributed by atoms with van der Waals surface area (Å²) in [4.78, 5) is 4.69. The molecule has 0 radical (unpaired) electrons. The van der Waals surface area contributed by atoms with Crippen LogP contribution in [0.15, 0.2) is 59.6 Å². The molecule has 5 heteroatoms. The van der Waals surface area contributed by atoms with Crippen molar-refractivity contribution in [3.8, 4) is 5.75 Å². The summed E-state index contributed by atoms with van der Waals surface area (Å²) in [6.45, 7) is 0.689. The van der Waals surface area contributed by atoms with Gasteiger partial charge in [0.15, 0.2) is 5.96 Å². The summed E-state index contributed by atoms with van der Waals surface area (Å²) in [5.74, 6) is 2.01. The first-order valence-electron chi connectivity index (χ1n) is 8.18. The van der Waals surface area contributed by atoms with Crippen molar-refractivity contribution in [2.45, 2.75) is 30.8 Å². The summed E-state index contributed by atoms with van der Waals surface area (Å²) in [7, 11) is 0. The molecule has 1 saturated carbocycles. The Balaban J connectivity index is 0.00000169. The first-order chi connectivity index (χ1) is 11.3. The quantitative estimate of drug-likeness (QED) is 0.440. The predicted molar refractivity (Wildman–Crippen MR) is 107 cm³/mol. The normalized spacial score (nSPS) is 25.0. The van der Waals surface area contributed by atoms with Crippen LogP contribution in [0.5, 0.6) is 5.75 Å². The molecule has 2 aromatic carbocycles. The van der Waals surface area contributed by atoms with E-state index in [2.05, 4.69) is 40.6 Å². The predicted octanol–water partition coefficient (Wildman–Crippen LogP) is 3.59. The second kappa shape index (κ2) is 7.42. The molecule has 24 heavy (non-hydrogen) atoms. The number of aliphatic imine (C=N–C) groups is 1. The van der Waals surface area contributed by atoms with Crippen molar-refractivity contribution in [1.82, 2.24) is 5.32 Å². The number of hydrogen-bond acceptors (Lipinski definition) is 2. The summed E-state index contributed by atoms with van der Waals surface area (Å²) < 4.78 is 5.67. The van der Waals surface area contributed by atoms with E-state index in [1.165, 1.54) is 5.56 Å². The minimum absolute atomic E-state index is 0. The van der Waals surface area contributed by atoms with Crippen molar-refractivity contribution < 1.29 is 4.74 Å². The Morgan fingerprint density at radius 2 is 1.83 bits per heavy atom. The highest BCUT2D eigenvalue weighted by Crippen LogP contribution is 2.40. The van der Waals surface area contributed by atoms with Crippen molar-refractivity contribution in [3.63, 3.8) is 0 Å². The van der Waals surface area contributed by atoms with Crippen molar-refractivity contribution >= 4 is 29.9 Å². The van der Waals surface area contributed by atoms with E-state index in [-0.39, 0.29) is 30.0 Å². The monoisotopic (exact) mass is 435 g/mol. The number of fused-ring (bicyclic) bond motifs is 1. The highest BCUT2D eigenvalue weighted by Gasteiger charge is 2.38. The fraction of sp³-hybridized carbons (Fsp3) is 0.316. The maximum absolute atomic E-state index is 6.14. The van der Waals surface area contributed by atoms with Gasteiger partial charge in [-0.3, -0.25) is 0 Å². The molecule has 0 aromatic heterocycles. The zero-order valence-corrected chi connectivity index (χ0v) is 15.7. The van der Waals surface area contributed by atoms with Crippen LogP contribution in [0.4, 0.5) is 0 Å². The minimum atomic E-state index is 0. The van der Waals surface area contributed by atoms with Gasteiger partial charge in [-0.15, -0.1) is 24.0 Å². The van der Waals surface area contributed by atoms with Crippen LogP contribution >= 0.6 is 24.0 Å². The van der Waals surface area contributed by atoms with E-state index in [4.69, 9.17) is 10.5 Å². The van der Waals surface area contributed by atoms with Gasteiger partial charge in [0.1, 0.15) is 5.75 Å². The second-order valence-electron chi connectivity index (χ2n) is 6.21. The van der Waals surface area contributed by atoms with E-state index < -0.39 is 0 Å². The number of ether oxygens (including phenoxy) is 1. The van der Waals surface area contributed by atoms with Crippen LogP contribution in [0.1, 0.15) is 35.9 Å². The number of nitrogens with one attached hydrogen (secondary N) is 1. The lowest BCUT2D eigenvalue weighted by molar-refractivity contribution is 0.269. The van der Waals surface area contributed by atoms with Crippen molar-refractivity contribution in [2.24, 2.45) is 10.7 Å². The molecule has 4 rings (SSSR count). The van der Waals surface area contributed by atoms with E-state index >= 15 is 0 Å². The zero-order chi connectivity index (χ0) is 15.6. The first-order valence-corrected chi connectivity index (χ1v) is 8.18. The summed E-state index contributed by atoms with van der Waals surface area (Å²) in [6, 6.07) is 19.1. The van der Waals surface area contributed by atoms with Gasteiger partial charge in [0.25, 0.3) is 0 Å². The fourth-order valence-electron chi connectivity index (χ4n) is 3.28. The molecule has 1 fully saturated rings. The molecule has 126 valence electrons. The summed E-state index contributed by atoms with van der Waals surface area (Å²) in [5.41, 5.74) is 8.63. The molecule has 2 aromatic rings. The van der Waals surface area contributed by atoms with Crippen LogP contribution in [-0.4, -0.2) is 18.6 Å². The Labute approximate surface area is 159 Å². The number of para-hydroxylation sites is 1. The molecule has 1 heterocycles. The number of rotatable bonds is 3. The highest BCUT2D eigenvalue weighted by molar-refractivity contribution is 14.0. The molecule has 3 N–H and O–H groups in total. The average molecular weight is 435 g/mol. The van der Waals surface area contributed by atoms with Crippen LogP contribution in [0.3, 0.4) is 0 Å². The van der Waals surface area contributed by atoms with Gasteiger partial charge in [-0.2, -0.15) is 0 Å². The molecule has 0 spiro atoms. The number of benzene rings is 2. The van der Waals surface area contributed by atoms with Gasteiger partial charge in [0.05, 0.1) is 12.6 Å². The van der Waals surface area contributed by atoms with Crippen molar-refractivity contribution in [1.29, 1.82) is 0 Å². The molecule has 2 aliphatic rings. The van der Waals surface area contributed by atoms with Gasteiger partial charge in [-0.25, -0.2) is 4.99 Å². The van der Waals surface area contributed by atoms with Crippen LogP contribution in [0, 0.1) is 0 Å². The maximum atomic E-state index is 6.14. The van der Waals surface area contributed by atoms with Crippen LogP contribution in [-0.2, 0) is 0 Å². The lowest BCUT2D eigenvalue weighted by Gasteiger charge is -2.23. The van der Waals surface area contributed by atoms with Crippen LogP contribution in [0.2, 0.25) is 0 Å². The van der Waals surface area contributed by atoms with Crippen LogP contribution < -0.4 is 15.8 Å². The molecule has 3 unspecified atom stereocenters. The molecule has 3 atom stereocenters. The Morgan fingerprint density at radius 3 is 2.67 bits per heavy atom. The molecular weight excluding hydrogens is 413 g/mol. The smallest absolute Gasteiger partial charge is 0.189 e. The SMILES string of the molecule is I.NC(=NC1CCOc2ccccc21)NC1CC1c1ccccc1. The number of guanidine groups is 1. The van der Waals surface area contributed by atoms with E-state index in [9.17, 15) is 0 Å². The Bertz CT molecular complexity index is 720. The fourth-order valence-corrected chi connectivity index (χ4v) is 3.28. The number of nitrogens with zero attached hydrogens (tertiary/aromatic N) is 1. The van der Waals surface area contributed by atoms with Gasteiger partial charge >= 0.3 is 0 Å². The molecule has 0 amide bonds. The van der Waals surface area contributed by atoms with Crippen molar-refractivity contribution in [3.05, 3.63) is 65.7 Å². The molecule has 0 saturated heterocycles. The van der Waals surface area contributed by atoms with E-state index in [1.54, 1.807) is 0 Å². The third kappa shape index (κ3) is 3.66. The topological polar surface area (TPSA) is 59.6 Å². The third-order valence-corrected chi connectivity index (χ3v) is 4.57. The largest absolute Gasteiger partial charge is 0.493 e. The summed E-state index contributed by atoms with van der Waals surface area (Å²) in [6.07, 6.45) is 1.98. The second-order valence-corrected chi connectivity index (χ2v) is 6.21. The van der Waals surface area contributed by atoms with Gasteiger partial charge in [-0.1, -0.05) is 48.5 Å². The Kier molecular flexibility index (Phi) is 5.28. The number of nitrogens with two attached hydrogens (primary N) is 1. The third-order valence-electron chi connectivity index (χ3n) is 4.57. The van der Waals surface area contributed by atoms with E-state index in [0.29, 0.717) is 24.5 Å². The molecular formula is C19H22IN3O. The molecule has 0 bridgehead atoms. The first kappa shape index (κ1) is 17.1. The Morgan fingerprint density at radius 1 is 1.08 bits per heavy atom. The van der Waals surface area contributed by atoms with Gasteiger partial charge in [-0.05, 0) is 18.1 Å². The van der Waals surface area contributed by atoms with Gasteiger partial charge < -0.3 is 15.8 Å². The van der Waals surface area contributed by atoms with Gasteiger partial charge in [0, 0.05) is 23.9 Å². The standard InChI is InChI=1S/C19H21N3O.HI/c20-19(22-17-12-15(17)13-6-2-1-3-7-13)21-16-10-11-23-18-9-5-4-8-14(16)18;/h1-9,15-17H,10-12H2,(H3,20,21,22);1H. The summed E-state index contributed by atoms with van der Waals surface area (Å²) >= 11 is 0. The number of halogens is 1. The summed E-state index contributed by atoms with van der Waals surface area (Å²) in [5, 5.41) is 3.37. The number of hydrogen-bond donors (Lipinski definition) is 2. The van der Waals surface area contributed by atoms with Crippen molar-refractivity contribution in [2.75, 3.05) is 6.61 Å². The molecule has 1 aliphatic heterocycles. The lowest BCUT2D eigenvalue weighted by atomic mass is 10.0. The maximum Gasteiger partial charge on any atom is 0.189 e. The van der Waals surface area contributed by atoms with Crippen LogP contribution in [0.25, 0.3) is 0 Å². The van der Waals surface area contributed by atoms with E-state index in [0.717, 1.165) is 24.2 Å². The van der Waals surface area contributed by atoms with E-state index in [1.807, 2.05) is 24.3 Å². The molecule has 1 aliphatic carbocycles. The Hall–Kier alpha value is -1.76. The lowest BCUT2D eigenvalue weighted by Crippen LogP contribution is -2.35. The zero-order valence-electron chi connectivity index (χ0n) is 13.4. The highest BCUT2D eigenvalue weighted by atomic mass is 127. The van der Waals surface area contributed by atoms with Gasteiger partial charge in [0.2, 0.25) is 0 Å². The average Bonchev–Trinajstić information content (AvgIpc) is 3.35. The molecule has 4 nitrogen and oxygen atoms in total. The minimum Gasteiger partial charge on any atom is -0.493 e.